The second-order valence-corrected chi connectivity index (χ2v) is 5.13. The quantitative estimate of drug-likeness (QED) is 0.617. The summed E-state index contributed by atoms with van der Waals surface area (Å²) in [6.45, 7) is 1.25. The monoisotopic (exact) mass is 189 g/mol. The lowest BCUT2D eigenvalue weighted by Gasteiger charge is -2.38. The Morgan fingerprint density at radius 2 is 1.79 bits per heavy atom. The first kappa shape index (κ1) is 8.72. The van der Waals surface area contributed by atoms with Gasteiger partial charge in [0.05, 0.1) is 0 Å². The van der Waals surface area contributed by atoms with E-state index in [2.05, 4.69) is 29.6 Å². The number of allylic oxidation sites excluding steroid dienone is 2. The van der Waals surface area contributed by atoms with Crippen molar-refractivity contribution in [2.45, 2.75) is 38.1 Å². The first-order chi connectivity index (χ1) is 6.91. The molecule has 1 saturated carbocycles. The van der Waals surface area contributed by atoms with E-state index in [-0.39, 0.29) is 0 Å². The molecule has 0 aromatic rings. The van der Waals surface area contributed by atoms with Gasteiger partial charge >= 0.3 is 0 Å². The van der Waals surface area contributed by atoms with Crippen LogP contribution in [0.15, 0.2) is 24.3 Å². The highest BCUT2D eigenvalue weighted by atomic mass is 15.0. The van der Waals surface area contributed by atoms with E-state index in [9.17, 15) is 0 Å². The molecule has 76 valence electrons. The topological polar surface area (TPSA) is 12.0 Å². The molecule has 1 heteroatoms. The molecule has 2 atom stereocenters. The van der Waals surface area contributed by atoms with Gasteiger partial charge in [0.15, 0.2) is 0 Å². The Balaban J connectivity index is 1.87. The number of nitrogens with one attached hydrogen (secondary N) is 1. The Morgan fingerprint density at radius 1 is 1.00 bits per heavy atom. The number of hydrogen-bond donors (Lipinski definition) is 1. The highest BCUT2D eigenvalue weighted by Gasteiger charge is 2.46. The van der Waals surface area contributed by atoms with Crippen molar-refractivity contribution in [1.82, 2.24) is 5.32 Å². The zero-order chi connectivity index (χ0) is 9.43. The lowest BCUT2D eigenvalue weighted by atomic mass is 9.65. The summed E-state index contributed by atoms with van der Waals surface area (Å²) in [5, 5.41) is 3.68. The fraction of sp³-hybridized carbons (Fsp3) is 0.692. The first-order valence-corrected chi connectivity index (χ1v) is 5.99. The van der Waals surface area contributed by atoms with Gasteiger partial charge in [-0.1, -0.05) is 43.6 Å². The summed E-state index contributed by atoms with van der Waals surface area (Å²) >= 11 is 0. The fourth-order valence-electron chi connectivity index (χ4n) is 3.59. The zero-order valence-electron chi connectivity index (χ0n) is 8.71. The minimum Gasteiger partial charge on any atom is -0.309 e. The first-order valence-electron chi connectivity index (χ1n) is 5.99. The van der Waals surface area contributed by atoms with E-state index in [1.807, 2.05) is 0 Å². The van der Waals surface area contributed by atoms with Gasteiger partial charge in [-0.05, 0) is 18.3 Å². The summed E-state index contributed by atoms with van der Waals surface area (Å²) < 4.78 is 0. The van der Waals surface area contributed by atoms with Crippen LogP contribution in [0.25, 0.3) is 0 Å². The van der Waals surface area contributed by atoms with Gasteiger partial charge in [0.25, 0.3) is 0 Å². The molecule has 1 N–H and O–H groups in total. The molecule has 2 fully saturated rings. The SMILES string of the molecule is C1=CC2NCC3(CCCCC3)C2C=C1. The molecule has 14 heavy (non-hydrogen) atoms. The van der Waals surface area contributed by atoms with Crippen molar-refractivity contribution in [2.24, 2.45) is 11.3 Å². The van der Waals surface area contributed by atoms with Gasteiger partial charge in [-0.15, -0.1) is 0 Å². The van der Waals surface area contributed by atoms with Crippen LogP contribution >= 0.6 is 0 Å². The van der Waals surface area contributed by atoms with Gasteiger partial charge in [-0.2, -0.15) is 0 Å². The molecule has 0 aromatic carbocycles. The maximum absolute atomic E-state index is 3.68. The van der Waals surface area contributed by atoms with Crippen molar-refractivity contribution in [2.75, 3.05) is 6.54 Å². The molecule has 0 radical (unpaired) electrons. The van der Waals surface area contributed by atoms with Crippen molar-refractivity contribution < 1.29 is 0 Å². The van der Waals surface area contributed by atoms with Crippen LogP contribution in [0.2, 0.25) is 0 Å². The van der Waals surface area contributed by atoms with Crippen LogP contribution in [0.1, 0.15) is 32.1 Å². The maximum Gasteiger partial charge on any atom is 0.0322 e. The number of fused-ring (bicyclic) bond motifs is 2. The zero-order valence-corrected chi connectivity index (χ0v) is 8.71. The lowest BCUT2D eigenvalue weighted by molar-refractivity contribution is 0.169. The van der Waals surface area contributed by atoms with Crippen molar-refractivity contribution in [3.8, 4) is 0 Å². The second-order valence-electron chi connectivity index (χ2n) is 5.13. The summed E-state index contributed by atoms with van der Waals surface area (Å²) in [4.78, 5) is 0. The molecule has 1 heterocycles. The molecular weight excluding hydrogens is 170 g/mol. The predicted octanol–water partition coefficient (Wildman–Crippen LogP) is 2.65. The molecule has 1 nitrogen and oxygen atoms in total. The van der Waals surface area contributed by atoms with Crippen molar-refractivity contribution in [1.29, 1.82) is 0 Å². The van der Waals surface area contributed by atoms with Crippen molar-refractivity contribution in [3.63, 3.8) is 0 Å². The second kappa shape index (κ2) is 3.23. The van der Waals surface area contributed by atoms with E-state index in [0.29, 0.717) is 11.5 Å². The van der Waals surface area contributed by atoms with Crippen LogP contribution in [0.4, 0.5) is 0 Å². The van der Waals surface area contributed by atoms with Gasteiger partial charge in [-0.3, -0.25) is 0 Å². The lowest BCUT2D eigenvalue weighted by Crippen LogP contribution is -2.33. The molecular formula is C13H19N. The fourth-order valence-corrected chi connectivity index (χ4v) is 3.59. The standard InChI is InChI=1S/C13H19N/c1-4-8-13(9-5-1)10-14-12-7-3-2-6-11(12)13/h2-3,6-7,11-12,14H,1,4-5,8-10H2. The van der Waals surface area contributed by atoms with E-state index in [0.717, 1.165) is 5.92 Å². The Bertz CT molecular complexity index is 271. The van der Waals surface area contributed by atoms with Gasteiger partial charge in [0, 0.05) is 18.5 Å². The van der Waals surface area contributed by atoms with E-state index < -0.39 is 0 Å². The van der Waals surface area contributed by atoms with Crippen LogP contribution < -0.4 is 5.32 Å². The van der Waals surface area contributed by atoms with Crippen LogP contribution in [0.3, 0.4) is 0 Å². The molecule has 0 amide bonds. The molecule has 0 bridgehead atoms. The molecule has 2 unspecified atom stereocenters. The van der Waals surface area contributed by atoms with Gasteiger partial charge in [0.1, 0.15) is 0 Å². The molecule has 1 spiro atoms. The highest BCUT2D eigenvalue weighted by molar-refractivity contribution is 5.23. The molecule has 3 aliphatic rings. The van der Waals surface area contributed by atoms with E-state index >= 15 is 0 Å². The van der Waals surface area contributed by atoms with Crippen LogP contribution in [0.5, 0.6) is 0 Å². The van der Waals surface area contributed by atoms with Crippen molar-refractivity contribution in [3.05, 3.63) is 24.3 Å². The highest BCUT2D eigenvalue weighted by Crippen LogP contribution is 2.48. The molecule has 2 aliphatic carbocycles. The molecule has 1 aliphatic heterocycles. The third-order valence-electron chi connectivity index (χ3n) is 4.38. The predicted molar refractivity (Wildman–Crippen MR) is 59.1 cm³/mol. The van der Waals surface area contributed by atoms with Crippen LogP contribution in [0, 0.1) is 11.3 Å². The third-order valence-corrected chi connectivity index (χ3v) is 4.38. The van der Waals surface area contributed by atoms with E-state index in [1.165, 1.54) is 38.6 Å². The number of hydrogen-bond acceptors (Lipinski definition) is 1. The van der Waals surface area contributed by atoms with E-state index in [4.69, 9.17) is 0 Å². The molecule has 3 rings (SSSR count). The normalized spacial score (nSPS) is 38.9. The summed E-state index contributed by atoms with van der Waals surface area (Å²) in [6.07, 6.45) is 16.5. The Morgan fingerprint density at radius 3 is 2.64 bits per heavy atom. The van der Waals surface area contributed by atoms with E-state index in [1.54, 1.807) is 0 Å². The summed E-state index contributed by atoms with van der Waals surface area (Å²) in [6, 6.07) is 0.637. The van der Waals surface area contributed by atoms with Gasteiger partial charge in [0.2, 0.25) is 0 Å². The Kier molecular flexibility index (Phi) is 2.01. The maximum atomic E-state index is 3.68. The van der Waals surface area contributed by atoms with Gasteiger partial charge < -0.3 is 5.32 Å². The molecule has 1 saturated heterocycles. The summed E-state index contributed by atoms with van der Waals surface area (Å²) in [7, 11) is 0. The minimum absolute atomic E-state index is 0.615. The van der Waals surface area contributed by atoms with Crippen molar-refractivity contribution >= 4 is 0 Å². The smallest absolute Gasteiger partial charge is 0.0322 e. The number of rotatable bonds is 0. The largest absolute Gasteiger partial charge is 0.309 e. The Labute approximate surface area is 86.3 Å². The Hall–Kier alpha value is -0.560. The van der Waals surface area contributed by atoms with Crippen LogP contribution in [-0.2, 0) is 0 Å². The van der Waals surface area contributed by atoms with Crippen LogP contribution in [-0.4, -0.2) is 12.6 Å². The minimum atomic E-state index is 0.615. The molecule has 0 aromatic heterocycles. The average molecular weight is 189 g/mol. The van der Waals surface area contributed by atoms with Gasteiger partial charge in [-0.25, -0.2) is 0 Å². The average Bonchev–Trinajstić information content (AvgIpc) is 2.60. The summed E-state index contributed by atoms with van der Waals surface area (Å²) in [5.74, 6) is 0.785. The third kappa shape index (κ3) is 1.18. The summed E-state index contributed by atoms with van der Waals surface area (Å²) in [5.41, 5.74) is 0.615.